The van der Waals surface area contributed by atoms with Crippen molar-refractivity contribution < 1.29 is 29.3 Å². The maximum Gasteiger partial charge on any atom is 0.342 e. The van der Waals surface area contributed by atoms with Crippen LogP contribution < -0.4 is 0 Å². The predicted octanol–water partition coefficient (Wildman–Crippen LogP) is 0.337. The molecule has 0 saturated carbocycles. The third-order valence-electron chi connectivity index (χ3n) is 1.51. The van der Waals surface area contributed by atoms with Crippen molar-refractivity contribution in [3.05, 3.63) is 42.4 Å². The quantitative estimate of drug-likeness (QED) is 0.547. The summed E-state index contributed by atoms with van der Waals surface area (Å²) in [5.41, 5.74) is -0.269. The first-order valence-corrected chi connectivity index (χ1v) is 4.64. The van der Waals surface area contributed by atoms with Crippen LogP contribution in [0.25, 0.3) is 0 Å². The van der Waals surface area contributed by atoms with Crippen LogP contribution >= 0.6 is 0 Å². The van der Waals surface area contributed by atoms with Gasteiger partial charge in [0.1, 0.15) is 11.8 Å². The standard InChI is InChI=1S/C5H5N.C5H4O4.CH2O2/c1-2-4-6-5-3-1;6-4-2-9-1-3(4)5(7)8;2-1-3/h1-5H;1H,2H2,(H,7,8);1H,(H,2,3). The Morgan fingerprint density at radius 2 is 1.89 bits per heavy atom. The molecule has 1 aromatic heterocycles. The first kappa shape index (κ1) is 15.3. The first-order valence-electron chi connectivity index (χ1n) is 4.64. The molecule has 1 aromatic rings. The Hall–Kier alpha value is -2.70. The monoisotopic (exact) mass is 253 g/mol. The van der Waals surface area contributed by atoms with Gasteiger partial charge < -0.3 is 14.9 Å². The molecular formula is C11H11NO6. The minimum Gasteiger partial charge on any atom is -0.492 e. The van der Waals surface area contributed by atoms with E-state index in [1.165, 1.54) is 0 Å². The fourth-order valence-electron chi connectivity index (χ4n) is 0.826. The van der Waals surface area contributed by atoms with Crippen molar-refractivity contribution >= 4 is 18.2 Å². The Morgan fingerprint density at radius 1 is 1.33 bits per heavy atom. The maximum absolute atomic E-state index is 10.4. The molecule has 1 aliphatic rings. The van der Waals surface area contributed by atoms with Crippen molar-refractivity contribution in [1.29, 1.82) is 0 Å². The number of Topliss-reactive ketones (excluding diaryl/α,β-unsaturated/α-hetero) is 1. The summed E-state index contributed by atoms with van der Waals surface area (Å²) in [4.78, 5) is 32.6. The fraction of sp³-hybridized carbons (Fsp3) is 0.0909. The van der Waals surface area contributed by atoms with E-state index in [0.29, 0.717) is 0 Å². The van der Waals surface area contributed by atoms with Crippen LogP contribution in [0, 0.1) is 0 Å². The van der Waals surface area contributed by atoms with Crippen molar-refractivity contribution in [1.82, 2.24) is 4.98 Å². The lowest BCUT2D eigenvalue weighted by Crippen LogP contribution is -2.09. The van der Waals surface area contributed by atoms with Crippen LogP contribution in [0.4, 0.5) is 0 Å². The van der Waals surface area contributed by atoms with Gasteiger partial charge in [-0.3, -0.25) is 14.6 Å². The molecule has 18 heavy (non-hydrogen) atoms. The van der Waals surface area contributed by atoms with Crippen LogP contribution in [0.2, 0.25) is 0 Å². The summed E-state index contributed by atoms with van der Waals surface area (Å²) in [6.07, 6.45) is 4.46. The van der Waals surface area contributed by atoms with E-state index in [-0.39, 0.29) is 18.7 Å². The molecule has 0 bridgehead atoms. The second-order valence-corrected chi connectivity index (χ2v) is 2.70. The van der Waals surface area contributed by atoms with Crippen LogP contribution in [0.5, 0.6) is 0 Å². The van der Waals surface area contributed by atoms with Crippen LogP contribution in [0.15, 0.2) is 42.4 Å². The van der Waals surface area contributed by atoms with E-state index in [0.717, 1.165) is 6.26 Å². The molecule has 0 unspecified atom stereocenters. The van der Waals surface area contributed by atoms with Gasteiger partial charge in [-0.2, -0.15) is 0 Å². The third-order valence-corrected chi connectivity index (χ3v) is 1.51. The number of hydrogen-bond donors (Lipinski definition) is 2. The predicted molar refractivity (Wildman–Crippen MR) is 59.6 cm³/mol. The molecule has 0 amide bonds. The Balaban J connectivity index is 0.000000278. The van der Waals surface area contributed by atoms with E-state index < -0.39 is 11.8 Å². The van der Waals surface area contributed by atoms with E-state index in [1.807, 2.05) is 18.2 Å². The van der Waals surface area contributed by atoms with E-state index in [2.05, 4.69) is 9.72 Å². The lowest BCUT2D eigenvalue weighted by Gasteiger charge is -1.84. The Bertz CT molecular complexity index is 388. The molecule has 0 radical (unpaired) electrons. The molecular weight excluding hydrogens is 242 g/mol. The molecule has 96 valence electrons. The van der Waals surface area contributed by atoms with Gasteiger partial charge in [0.05, 0.1) is 0 Å². The highest BCUT2D eigenvalue weighted by Gasteiger charge is 2.22. The number of carboxylic acid groups (broad SMARTS) is 2. The highest BCUT2D eigenvalue weighted by Crippen LogP contribution is 2.05. The van der Waals surface area contributed by atoms with Crippen molar-refractivity contribution in [2.75, 3.05) is 6.61 Å². The summed E-state index contributed by atoms with van der Waals surface area (Å²) in [6, 6.07) is 5.72. The summed E-state index contributed by atoms with van der Waals surface area (Å²) >= 11 is 0. The Labute approximate surface area is 102 Å². The van der Waals surface area contributed by atoms with Gasteiger partial charge in [-0.15, -0.1) is 0 Å². The molecule has 7 heteroatoms. The molecule has 2 heterocycles. The van der Waals surface area contributed by atoms with Gasteiger partial charge in [0.2, 0.25) is 5.78 Å². The van der Waals surface area contributed by atoms with Gasteiger partial charge in [-0.25, -0.2) is 4.79 Å². The topological polar surface area (TPSA) is 114 Å². The molecule has 7 nitrogen and oxygen atoms in total. The highest BCUT2D eigenvalue weighted by molar-refractivity contribution is 6.17. The van der Waals surface area contributed by atoms with Crippen molar-refractivity contribution in [2.45, 2.75) is 0 Å². The van der Waals surface area contributed by atoms with Crippen LogP contribution in [-0.4, -0.2) is 40.0 Å². The number of aliphatic carboxylic acids is 1. The van der Waals surface area contributed by atoms with Gasteiger partial charge in [0.25, 0.3) is 6.47 Å². The third kappa shape index (κ3) is 6.72. The zero-order valence-electron chi connectivity index (χ0n) is 9.22. The molecule has 0 spiro atoms. The second-order valence-electron chi connectivity index (χ2n) is 2.70. The van der Waals surface area contributed by atoms with E-state index in [4.69, 9.17) is 15.0 Å². The average Bonchev–Trinajstić information content (AvgIpc) is 2.80. The zero-order valence-corrected chi connectivity index (χ0v) is 9.22. The molecule has 0 fully saturated rings. The number of carbonyl (C=O) groups is 3. The summed E-state index contributed by atoms with van der Waals surface area (Å²) < 4.78 is 4.44. The number of ether oxygens (including phenoxy) is 1. The minimum absolute atomic E-state index is 0.137. The van der Waals surface area contributed by atoms with Gasteiger partial charge in [-0.05, 0) is 12.1 Å². The minimum atomic E-state index is -1.22. The number of pyridine rings is 1. The Morgan fingerprint density at radius 3 is 2.06 bits per heavy atom. The first-order chi connectivity index (χ1) is 8.63. The lowest BCUT2D eigenvalue weighted by molar-refractivity contribution is -0.134. The van der Waals surface area contributed by atoms with Crippen LogP contribution in [0.1, 0.15) is 0 Å². The molecule has 2 N–H and O–H groups in total. The molecule has 2 rings (SSSR count). The number of ketones is 1. The second kappa shape index (κ2) is 9.52. The van der Waals surface area contributed by atoms with Gasteiger partial charge >= 0.3 is 5.97 Å². The molecule has 0 aromatic carbocycles. The number of aromatic nitrogens is 1. The van der Waals surface area contributed by atoms with Crippen LogP contribution in [0.3, 0.4) is 0 Å². The highest BCUT2D eigenvalue weighted by atomic mass is 16.5. The number of carbonyl (C=O) groups excluding carboxylic acids is 1. The Kier molecular flexibility index (Phi) is 8.09. The molecule has 1 aliphatic heterocycles. The summed E-state index contributed by atoms with van der Waals surface area (Å²) in [5.74, 6) is -1.69. The SMILES string of the molecule is O=C(O)C1=COCC1=O.O=CO.c1ccncc1. The summed E-state index contributed by atoms with van der Waals surface area (Å²) in [5, 5.41) is 15.1. The zero-order chi connectivity index (χ0) is 13.8. The number of hydrogen-bond acceptors (Lipinski definition) is 5. The van der Waals surface area contributed by atoms with Gasteiger partial charge in [-0.1, -0.05) is 6.07 Å². The largest absolute Gasteiger partial charge is 0.492 e. The van der Waals surface area contributed by atoms with Crippen molar-refractivity contribution in [3.8, 4) is 0 Å². The summed E-state index contributed by atoms with van der Waals surface area (Å²) in [6.45, 7) is -0.387. The van der Waals surface area contributed by atoms with Crippen molar-refractivity contribution in [2.24, 2.45) is 0 Å². The summed E-state index contributed by atoms with van der Waals surface area (Å²) in [7, 11) is 0. The van der Waals surface area contributed by atoms with Crippen LogP contribution in [-0.2, 0) is 19.1 Å². The van der Waals surface area contributed by atoms with Gasteiger partial charge in [0.15, 0.2) is 6.61 Å². The maximum atomic E-state index is 10.4. The molecule has 0 saturated heterocycles. The fourth-order valence-corrected chi connectivity index (χ4v) is 0.826. The molecule has 0 atom stereocenters. The smallest absolute Gasteiger partial charge is 0.342 e. The lowest BCUT2D eigenvalue weighted by atomic mass is 10.2. The number of rotatable bonds is 1. The van der Waals surface area contributed by atoms with E-state index in [1.54, 1.807) is 12.4 Å². The average molecular weight is 253 g/mol. The van der Waals surface area contributed by atoms with Crippen molar-refractivity contribution in [3.63, 3.8) is 0 Å². The van der Waals surface area contributed by atoms with E-state index in [9.17, 15) is 9.59 Å². The van der Waals surface area contributed by atoms with Gasteiger partial charge in [0, 0.05) is 12.4 Å². The normalized spacial score (nSPS) is 11.8. The van der Waals surface area contributed by atoms with E-state index >= 15 is 0 Å². The number of carboxylic acids is 1. The molecule has 0 aliphatic carbocycles. The number of nitrogens with zero attached hydrogens (tertiary/aromatic N) is 1.